The molecule has 2 N–H and O–H groups in total. The van der Waals surface area contributed by atoms with E-state index in [9.17, 15) is 0 Å². The summed E-state index contributed by atoms with van der Waals surface area (Å²) in [6.07, 6.45) is 0. The zero-order chi connectivity index (χ0) is 8.97. The van der Waals surface area contributed by atoms with Crippen molar-refractivity contribution in [1.29, 1.82) is 0 Å². The Morgan fingerprint density at radius 1 is 1.33 bits per heavy atom. The minimum atomic E-state index is 0.341. The van der Waals surface area contributed by atoms with Gasteiger partial charge in [-0.3, -0.25) is 0 Å². The molecule has 0 radical (unpaired) electrons. The minimum absolute atomic E-state index is 0.341. The molecule has 12 heavy (non-hydrogen) atoms. The van der Waals surface area contributed by atoms with Crippen molar-refractivity contribution < 1.29 is 9.47 Å². The molecule has 0 aliphatic heterocycles. The third-order valence-electron chi connectivity index (χ3n) is 1.40. The monoisotopic (exact) mass is 169 g/mol. The number of hydrogen-bond donors (Lipinski definition) is 1. The molecule has 0 bridgehead atoms. The zero-order valence-corrected chi connectivity index (χ0v) is 7.07. The lowest BCUT2D eigenvalue weighted by molar-refractivity contribution is 0.337. The van der Waals surface area contributed by atoms with Crippen molar-refractivity contribution in [2.45, 2.75) is 6.54 Å². The Hall–Kier alpha value is -1.36. The van der Waals surface area contributed by atoms with Crippen LogP contribution >= 0.6 is 0 Å². The highest BCUT2D eigenvalue weighted by atomic mass is 16.5. The predicted molar refractivity (Wildman–Crippen MR) is 43.0 cm³/mol. The Bertz CT molecular complexity index is 265. The van der Waals surface area contributed by atoms with Crippen LogP contribution in [0.5, 0.6) is 11.6 Å². The molecule has 0 aliphatic rings. The second kappa shape index (κ2) is 3.87. The lowest BCUT2D eigenvalue weighted by Crippen LogP contribution is -2.03. The van der Waals surface area contributed by atoms with Gasteiger partial charge in [0.05, 0.1) is 19.9 Å². The van der Waals surface area contributed by atoms with E-state index in [1.54, 1.807) is 13.2 Å². The number of nitrogens with two attached hydrogens (primary N) is 1. The fourth-order valence-electron chi connectivity index (χ4n) is 0.788. The molecule has 5 heteroatoms. The molecule has 1 aromatic heterocycles. The average Bonchev–Trinajstić information content (AvgIpc) is 2.16. The fourth-order valence-corrected chi connectivity index (χ4v) is 0.788. The smallest absolute Gasteiger partial charge is 0.276 e. The minimum Gasteiger partial charge on any atom is -0.491 e. The summed E-state index contributed by atoms with van der Waals surface area (Å²) in [6, 6.07) is 1.70. The number of nitrogens with zero attached hydrogens (tertiary/aromatic N) is 2. The Kier molecular flexibility index (Phi) is 2.82. The molecule has 1 heterocycles. The van der Waals surface area contributed by atoms with Gasteiger partial charge in [-0.2, -0.15) is 5.10 Å². The summed E-state index contributed by atoms with van der Waals surface area (Å²) in [6.45, 7) is 0.341. The maximum Gasteiger partial charge on any atom is 0.276 e. The quantitative estimate of drug-likeness (QED) is 0.687. The van der Waals surface area contributed by atoms with Gasteiger partial charge in [0, 0.05) is 12.6 Å². The number of hydrogen-bond acceptors (Lipinski definition) is 5. The van der Waals surface area contributed by atoms with Gasteiger partial charge in [-0.25, -0.2) is 0 Å². The van der Waals surface area contributed by atoms with E-state index in [0.29, 0.717) is 23.9 Å². The summed E-state index contributed by atoms with van der Waals surface area (Å²) in [7, 11) is 3.05. The topological polar surface area (TPSA) is 70.3 Å². The molecule has 0 atom stereocenters. The summed E-state index contributed by atoms with van der Waals surface area (Å²) in [4.78, 5) is 0. The molecule has 1 aromatic rings. The van der Waals surface area contributed by atoms with Gasteiger partial charge in [0.2, 0.25) is 0 Å². The van der Waals surface area contributed by atoms with E-state index in [-0.39, 0.29) is 0 Å². The number of rotatable bonds is 3. The van der Waals surface area contributed by atoms with Crippen molar-refractivity contribution in [1.82, 2.24) is 10.2 Å². The maximum atomic E-state index is 5.37. The van der Waals surface area contributed by atoms with Gasteiger partial charge in [0.25, 0.3) is 5.88 Å². The van der Waals surface area contributed by atoms with Crippen LogP contribution in [0.3, 0.4) is 0 Å². The Morgan fingerprint density at radius 3 is 2.58 bits per heavy atom. The van der Waals surface area contributed by atoms with Gasteiger partial charge < -0.3 is 15.2 Å². The summed E-state index contributed by atoms with van der Waals surface area (Å²) >= 11 is 0. The van der Waals surface area contributed by atoms with E-state index < -0.39 is 0 Å². The summed E-state index contributed by atoms with van der Waals surface area (Å²) in [5, 5.41) is 7.56. The van der Waals surface area contributed by atoms with Crippen molar-refractivity contribution in [2.75, 3.05) is 14.2 Å². The fraction of sp³-hybridized carbons (Fsp3) is 0.429. The highest BCUT2D eigenvalue weighted by Gasteiger charge is 2.05. The van der Waals surface area contributed by atoms with E-state index >= 15 is 0 Å². The lowest BCUT2D eigenvalue weighted by atomic mass is 10.4. The van der Waals surface area contributed by atoms with E-state index in [4.69, 9.17) is 15.2 Å². The van der Waals surface area contributed by atoms with E-state index in [0.717, 1.165) is 0 Å². The molecule has 0 spiro atoms. The molecule has 0 aliphatic carbocycles. The first-order chi connectivity index (χ1) is 5.81. The Balaban J connectivity index is 3.02. The van der Waals surface area contributed by atoms with E-state index in [1.165, 1.54) is 7.11 Å². The van der Waals surface area contributed by atoms with Crippen LogP contribution in [0, 0.1) is 0 Å². The zero-order valence-electron chi connectivity index (χ0n) is 7.07. The molecular formula is C7H11N3O2. The van der Waals surface area contributed by atoms with Gasteiger partial charge in [-0.15, -0.1) is 5.10 Å². The van der Waals surface area contributed by atoms with Crippen LogP contribution in [-0.4, -0.2) is 24.4 Å². The van der Waals surface area contributed by atoms with Crippen molar-refractivity contribution in [3.8, 4) is 11.6 Å². The van der Waals surface area contributed by atoms with Gasteiger partial charge in [0.15, 0.2) is 5.75 Å². The third kappa shape index (κ3) is 1.62. The van der Waals surface area contributed by atoms with Crippen LogP contribution in [-0.2, 0) is 6.54 Å². The number of ether oxygens (including phenoxy) is 2. The molecule has 66 valence electrons. The Morgan fingerprint density at radius 2 is 2.08 bits per heavy atom. The predicted octanol–water partition coefficient (Wildman–Crippen LogP) is -0.0475. The normalized spacial score (nSPS) is 9.58. The SMILES string of the molecule is COc1cc(CN)nnc1OC. The van der Waals surface area contributed by atoms with Crippen molar-refractivity contribution in [3.63, 3.8) is 0 Å². The lowest BCUT2D eigenvalue weighted by Gasteiger charge is -2.05. The molecular weight excluding hydrogens is 158 g/mol. The molecule has 0 aromatic carbocycles. The van der Waals surface area contributed by atoms with Crippen LogP contribution in [0.1, 0.15) is 5.69 Å². The number of aromatic nitrogens is 2. The third-order valence-corrected chi connectivity index (χ3v) is 1.40. The Labute approximate surface area is 70.5 Å². The van der Waals surface area contributed by atoms with Gasteiger partial charge in [-0.1, -0.05) is 0 Å². The van der Waals surface area contributed by atoms with Crippen LogP contribution in [0.2, 0.25) is 0 Å². The standard InChI is InChI=1S/C7H11N3O2/c1-11-6-3-5(4-8)9-10-7(6)12-2/h3H,4,8H2,1-2H3. The first kappa shape index (κ1) is 8.73. The molecule has 0 amide bonds. The maximum absolute atomic E-state index is 5.37. The number of methoxy groups -OCH3 is 2. The molecule has 1 rings (SSSR count). The highest BCUT2D eigenvalue weighted by molar-refractivity contribution is 5.33. The molecule has 0 saturated heterocycles. The first-order valence-corrected chi connectivity index (χ1v) is 3.46. The second-order valence-electron chi connectivity index (χ2n) is 2.12. The van der Waals surface area contributed by atoms with Crippen LogP contribution in [0.15, 0.2) is 6.07 Å². The molecule has 0 saturated carbocycles. The molecule has 0 unspecified atom stereocenters. The highest BCUT2D eigenvalue weighted by Crippen LogP contribution is 2.22. The van der Waals surface area contributed by atoms with Gasteiger partial charge in [-0.05, 0) is 0 Å². The summed E-state index contributed by atoms with van der Waals surface area (Å²) in [5.74, 6) is 0.919. The van der Waals surface area contributed by atoms with E-state index in [1.807, 2.05) is 0 Å². The van der Waals surface area contributed by atoms with Crippen LogP contribution < -0.4 is 15.2 Å². The van der Waals surface area contributed by atoms with Crippen LogP contribution in [0.25, 0.3) is 0 Å². The summed E-state index contributed by atoms with van der Waals surface area (Å²) in [5.41, 5.74) is 6.04. The largest absolute Gasteiger partial charge is 0.491 e. The summed E-state index contributed by atoms with van der Waals surface area (Å²) < 4.78 is 9.89. The molecule has 5 nitrogen and oxygen atoms in total. The van der Waals surface area contributed by atoms with Gasteiger partial charge >= 0.3 is 0 Å². The second-order valence-corrected chi connectivity index (χ2v) is 2.12. The first-order valence-electron chi connectivity index (χ1n) is 3.46. The van der Waals surface area contributed by atoms with Gasteiger partial charge in [0.1, 0.15) is 0 Å². The van der Waals surface area contributed by atoms with Crippen molar-refractivity contribution in [3.05, 3.63) is 11.8 Å². The van der Waals surface area contributed by atoms with E-state index in [2.05, 4.69) is 10.2 Å². The van der Waals surface area contributed by atoms with Crippen LogP contribution in [0.4, 0.5) is 0 Å². The van der Waals surface area contributed by atoms with Crippen molar-refractivity contribution >= 4 is 0 Å². The van der Waals surface area contributed by atoms with Crippen molar-refractivity contribution in [2.24, 2.45) is 5.73 Å². The molecule has 0 fully saturated rings. The average molecular weight is 169 g/mol.